The smallest absolute Gasteiger partial charge is 0.337 e. The number of likely N-dealkylation sites (tertiary alicyclic amines) is 2. The SMILES string of the molecule is COC(=O)c1cccc(C(=O)N2CCC3(CCCN(C)C3=O)C2)c1. The Morgan fingerprint density at radius 2 is 1.92 bits per heavy atom. The second-order valence-corrected chi connectivity index (χ2v) is 6.66. The van der Waals surface area contributed by atoms with Gasteiger partial charge in [-0.1, -0.05) is 6.07 Å². The van der Waals surface area contributed by atoms with Gasteiger partial charge in [0.05, 0.1) is 18.1 Å². The zero-order chi connectivity index (χ0) is 17.3. The van der Waals surface area contributed by atoms with Crippen molar-refractivity contribution >= 4 is 17.8 Å². The van der Waals surface area contributed by atoms with Gasteiger partial charge in [-0.2, -0.15) is 0 Å². The van der Waals surface area contributed by atoms with E-state index in [0.29, 0.717) is 30.6 Å². The molecule has 0 bridgehead atoms. The van der Waals surface area contributed by atoms with Gasteiger partial charge < -0.3 is 14.5 Å². The minimum absolute atomic E-state index is 0.140. The highest BCUT2D eigenvalue weighted by molar-refractivity contribution is 5.98. The van der Waals surface area contributed by atoms with Crippen LogP contribution in [0.15, 0.2) is 24.3 Å². The standard InChI is InChI=1S/C18H22N2O4/c1-19-9-4-7-18(17(19)23)8-10-20(12-18)15(21)13-5-3-6-14(11-13)16(22)24-2/h3,5-6,11H,4,7-10,12H2,1-2H3. The van der Waals surface area contributed by atoms with Crippen molar-refractivity contribution in [3.63, 3.8) is 0 Å². The largest absolute Gasteiger partial charge is 0.465 e. The number of methoxy groups -OCH3 is 1. The van der Waals surface area contributed by atoms with Crippen molar-refractivity contribution in [2.75, 3.05) is 33.8 Å². The molecule has 2 heterocycles. The third-order valence-corrected chi connectivity index (χ3v) is 5.12. The number of carbonyl (C=O) groups excluding carboxylic acids is 3. The van der Waals surface area contributed by atoms with Crippen LogP contribution in [0, 0.1) is 5.41 Å². The van der Waals surface area contributed by atoms with Crippen molar-refractivity contribution in [3.8, 4) is 0 Å². The van der Waals surface area contributed by atoms with E-state index in [2.05, 4.69) is 0 Å². The van der Waals surface area contributed by atoms with Gasteiger partial charge in [0.1, 0.15) is 0 Å². The molecule has 6 heteroatoms. The summed E-state index contributed by atoms with van der Waals surface area (Å²) in [7, 11) is 3.14. The molecule has 2 amide bonds. The predicted octanol–water partition coefficient (Wildman–Crippen LogP) is 1.56. The molecule has 0 aliphatic carbocycles. The van der Waals surface area contributed by atoms with E-state index in [0.717, 1.165) is 19.4 Å². The van der Waals surface area contributed by atoms with Crippen molar-refractivity contribution in [2.45, 2.75) is 19.3 Å². The Hall–Kier alpha value is -2.37. The zero-order valence-electron chi connectivity index (χ0n) is 14.1. The third-order valence-electron chi connectivity index (χ3n) is 5.12. The molecule has 1 aromatic rings. The number of hydrogen-bond donors (Lipinski definition) is 0. The number of amides is 2. The van der Waals surface area contributed by atoms with E-state index >= 15 is 0 Å². The first kappa shape index (κ1) is 16.5. The summed E-state index contributed by atoms with van der Waals surface area (Å²) in [4.78, 5) is 40.5. The van der Waals surface area contributed by atoms with Gasteiger partial charge in [0.2, 0.25) is 5.91 Å². The van der Waals surface area contributed by atoms with Gasteiger partial charge in [0, 0.05) is 32.2 Å². The second-order valence-electron chi connectivity index (χ2n) is 6.66. The van der Waals surface area contributed by atoms with E-state index in [1.54, 1.807) is 34.1 Å². The lowest BCUT2D eigenvalue weighted by atomic mass is 9.78. The molecule has 2 aliphatic rings. The van der Waals surface area contributed by atoms with Gasteiger partial charge >= 0.3 is 5.97 Å². The van der Waals surface area contributed by atoms with Gasteiger partial charge in [-0.05, 0) is 37.5 Å². The van der Waals surface area contributed by atoms with Gasteiger partial charge in [-0.3, -0.25) is 9.59 Å². The van der Waals surface area contributed by atoms with Crippen LogP contribution in [0.5, 0.6) is 0 Å². The Kier molecular flexibility index (Phi) is 4.30. The van der Waals surface area contributed by atoms with E-state index in [4.69, 9.17) is 4.74 Å². The van der Waals surface area contributed by atoms with Crippen LogP contribution in [0.1, 0.15) is 40.0 Å². The molecule has 1 aromatic carbocycles. The lowest BCUT2D eigenvalue weighted by Gasteiger charge is -2.37. The number of piperidine rings is 1. The first-order valence-corrected chi connectivity index (χ1v) is 8.20. The molecule has 0 aromatic heterocycles. The number of rotatable bonds is 2. The maximum atomic E-state index is 12.8. The summed E-state index contributed by atoms with van der Waals surface area (Å²) in [6.07, 6.45) is 2.52. The van der Waals surface area contributed by atoms with Crippen LogP contribution in [-0.2, 0) is 9.53 Å². The normalized spacial score (nSPS) is 23.7. The highest BCUT2D eigenvalue weighted by Crippen LogP contribution is 2.40. The molecule has 2 fully saturated rings. The van der Waals surface area contributed by atoms with Gasteiger partial charge in [-0.25, -0.2) is 4.79 Å². The lowest BCUT2D eigenvalue weighted by molar-refractivity contribution is -0.143. The Morgan fingerprint density at radius 1 is 1.17 bits per heavy atom. The predicted molar refractivity (Wildman–Crippen MR) is 87.6 cm³/mol. The van der Waals surface area contributed by atoms with Crippen molar-refractivity contribution < 1.29 is 19.1 Å². The highest BCUT2D eigenvalue weighted by Gasteiger charge is 2.48. The second kappa shape index (κ2) is 6.26. The van der Waals surface area contributed by atoms with Crippen LogP contribution in [0.4, 0.5) is 0 Å². The summed E-state index contributed by atoms with van der Waals surface area (Å²) in [5.41, 5.74) is 0.375. The molecule has 2 saturated heterocycles. The van der Waals surface area contributed by atoms with Crippen molar-refractivity contribution in [3.05, 3.63) is 35.4 Å². The first-order valence-electron chi connectivity index (χ1n) is 8.20. The molecule has 1 unspecified atom stereocenters. The Bertz CT molecular complexity index is 687. The molecule has 24 heavy (non-hydrogen) atoms. The van der Waals surface area contributed by atoms with Crippen LogP contribution in [0.2, 0.25) is 0 Å². The number of hydrogen-bond acceptors (Lipinski definition) is 4. The van der Waals surface area contributed by atoms with E-state index in [1.807, 2.05) is 7.05 Å². The monoisotopic (exact) mass is 330 g/mol. The van der Waals surface area contributed by atoms with Crippen LogP contribution in [0.3, 0.4) is 0 Å². The fourth-order valence-electron chi connectivity index (χ4n) is 3.77. The lowest BCUT2D eigenvalue weighted by Crippen LogP contribution is -2.48. The quantitative estimate of drug-likeness (QED) is 0.772. The summed E-state index contributed by atoms with van der Waals surface area (Å²) < 4.78 is 4.70. The molecule has 6 nitrogen and oxygen atoms in total. The molecule has 0 saturated carbocycles. The molecule has 3 rings (SSSR count). The molecule has 2 aliphatic heterocycles. The van der Waals surface area contributed by atoms with E-state index in [1.165, 1.54) is 7.11 Å². The number of ether oxygens (including phenoxy) is 1. The van der Waals surface area contributed by atoms with E-state index in [-0.39, 0.29) is 11.8 Å². The summed E-state index contributed by atoms with van der Waals surface area (Å²) in [6, 6.07) is 6.53. The average Bonchev–Trinajstić information content (AvgIpc) is 3.03. The molecular weight excluding hydrogens is 308 g/mol. The molecule has 0 N–H and O–H groups in total. The fraction of sp³-hybridized carbons (Fsp3) is 0.500. The van der Waals surface area contributed by atoms with Crippen LogP contribution < -0.4 is 0 Å². The Morgan fingerprint density at radius 3 is 2.67 bits per heavy atom. The number of carbonyl (C=O) groups is 3. The minimum Gasteiger partial charge on any atom is -0.465 e. The average molecular weight is 330 g/mol. The summed E-state index contributed by atoms with van der Waals surface area (Å²) in [5, 5.41) is 0. The topological polar surface area (TPSA) is 66.9 Å². The van der Waals surface area contributed by atoms with Crippen LogP contribution in [-0.4, -0.2) is 61.4 Å². The van der Waals surface area contributed by atoms with Gasteiger partial charge in [0.25, 0.3) is 5.91 Å². The van der Waals surface area contributed by atoms with Crippen molar-refractivity contribution in [1.82, 2.24) is 9.80 Å². The van der Waals surface area contributed by atoms with Crippen LogP contribution >= 0.6 is 0 Å². The fourth-order valence-corrected chi connectivity index (χ4v) is 3.77. The first-order chi connectivity index (χ1) is 11.5. The molecule has 0 radical (unpaired) electrons. The molecule has 1 spiro atoms. The zero-order valence-corrected chi connectivity index (χ0v) is 14.1. The maximum absolute atomic E-state index is 12.8. The van der Waals surface area contributed by atoms with E-state index < -0.39 is 11.4 Å². The van der Waals surface area contributed by atoms with Gasteiger partial charge in [-0.15, -0.1) is 0 Å². The number of benzene rings is 1. The van der Waals surface area contributed by atoms with Crippen molar-refractivity contribution in [2.24, 2.45) is 5.41 Å². The van der Waals surface area contributed by atoms with Crippen LogP contribution in [0.25, 0.3) is 0 Å². The Labute approximate surface area is 141 Å². The summed E-state index contributed by atoms with van der Waals surface area (Å²) in [6.45, 7) is 1.81. The summed E-state index contributed by atoms with van der Waals surface area (Å²) in [5.74, 6) is -0.461. The van der Waals surface area contributed by atoms with E-state index in [9.17, 15) is 14.4 Å². The third kappa shape index (κ3) is 2.77. The number of esters is 1. The summed E-state index contributed by atoms with van der Waals surface area (Å²) >= 11 is 0. The Balaban J connectivity index is 1.78. The molecule has 1 atom stereocenters. The van der Waals surface area contributed by atoms with Gasteiger partial charge in [0.15, 0.2) is 0 Å². The minimum atomic E-state index is -0.466. The molecule has 128 valence electrons. The number of nitrogens with zero attached hydrogens (tertiary/aromatic N) is 2. The highest BCUT2D eigenvalue weighted by atomic mass is 16.5. The van der Waals surface area contributed by atoms with Crippen molar-refractivity contribution in [1.29, 1.82) is 0 Å². The molecular formula is C18H22N2O4. The maximum Gasteiger partial charge on any atom is 0.337 e.